The lowest BCUT2D eigenvalue weighted by molar-refractivity contribution is -0.120. The second-order valence-electron chi connectivity index (χ2n) is 6.05. The molecule has 1 aliphatic rings. The molecule has 2 aromatic carbocycles. The molecule has 0 amide bonds. The van der Waals surface area contributed by atoms with E-state index >= 15 is 0 Å². The van der Waals surface area contributed by atoms with Gasteiger partial charge in [-0.1, -0.05) is 54.1 Å². The van der Waals surface area contributed by atoms with Crippen LogP contribution >= 0.6 is 11.6 Å². The predicted octanol–water partition coefficient (Wildman–Crippen LogP) is 4.14. The largest absolute Gasteiger partial charge is 0.300 e. The SMILES string of the molecule is CC(=O)C1CN(Cc2ccccc2)CC1c1ccc(Cl)cc1. The summed E-state index contributed by atoms with van der Waals surface area (Å²) in [5.41, 5.74) is 2.50. The molecule has 2 unspecified atom stereocenters. The minimum atomic E-state index is 0.0740. The van der Waals surface area contributed by atoms with Gasteiger partial charge in [0, 0.05) is 36.5 Å². The van der Waals surface area contributed by atoms with Crippen LogP contribution in [0.1, 0.15) is 24.0 Å². The molecule has 1 saturated heterocycles. The van der Waals surface area contributed by atoms with Gasteiger partial charge in [-0.2, -0.15) is 0 Å². The molecular formula is C19H20ClNO. The first-order valence-corrected chi connectivity index (χ1v) is 8.03. The van der Waals surface area contributed by atoms with Gasteiger partial charge < -0.3 is 0 Å². The zero-order valence-electron chi connectivity index (χ0n) is 12.7. The summed E-state index contributed by atoms with van der Waals surface area (Å²) < 4.78 is 0. The molecule has 114 valence electrons. The van der Waals surface area contributed by atoms with Crippen molar-refractivity contribution in [1.82, 2.24) is 4.90 Å². The van der Waals surface area contributed by atoms with E-state index in [1.165, 1.54) is 11.1 Å². The fourth-order valence-corrected chi connectivity index (χ4v) is 3.44. The Morgan fingerprint density at radius 3 is 2.41 bits per heavy atom. The van der Waals surface area contributed by atoms with Crippen LogP contribution in [0.15, 0.2) is 54.6 Å². The third-order valence-electron chi connectivity index (χ3n) is 4.46. The van der Waals surface area contributed by atoms with Gasteiger partial charge in [-0.05, 0) is 30.2 Å². The van der Waals surface area contributed by atoms with E-state index in [1.54, 1.807) is 6.92 Å². The van der Waals surface area contributed by atoms with Crippen LogP contribution in [0.3, 0.4) is 0 Å². The molecule has 0 saturated carbocycles. The van der Waals surface area contributed by atoms with Gasteiger partial charge in [0.15, 0.2) is 0 Å². The summed E-state index contributed by atoms with van der Waals surface area (Å²) in [7, 11) is 0. The lowest BCUT2D eigenvalue weighted by Crippen LogP contribution is -2.22. The molecule has 0 spiro atoms. The Morgan fingerprint density at radius 1 is 1.09 bits per heavy atom. The van der Waals surface area contributed by atoms with Crippen molar-refractivity contribution in [2.75, 3.05) is 13.1 Å². The maximum absolute atomic E-state index is 12.0. The molecule has 0 N–H and O–H groups in total. The third-order valence-corrected chi connectivity index (χ3v) is 4.72. The van der Waals surface area contributed by atoms with Crippen molar-refractivity contribution in [3.63, 3.8) is 0 Å². The molecule has 2 aromatic rings. The monoisotopic (exact) mass is 313 g/mol. The minimum absolute atomic E-state index is 0.0740. The van der Waals surface area contributed by atoms with Crippen LogP contribution in [-0.2, 0) is 11.3 Å². The van der Waals surface area contributed by atoms with Crippen molar-refractivity contribution in [1.29, 1.82) is 0 Å². The zero-order valence-corrected chi connectivity index (χ0v) is 13.5. The van der Waals surface area contributed by atoms with Crippen LogP contribution in [0.2, 0.25) is 5.02 Å². The molecule has 1 fully saturated rings. The highest BCUT2D eigenvalue weighted by Crippen LogP contribution is 2.34. The number of benzene rings is 2. The number of likely N-dealkylation sites (tertiary alicyclic amines) is 1. The van der Waals surface area contributed by atoms with Crippen LogP contribution < -0.4 is 0 Å². The third kappa shape index (κ3) is 3.40. The van der Waals surface area contributed by atoms with Crippen LogP contribution in [-0.4, -0.2) is 23.8 Å². The summed E-state index contributed by atoms with van der Waals surface area (Å²) in [6, 6.07) is 18.3. The maximum atomic E-state index is 12.0. The summed E-state index contributed by atoms with van der Waals surface area (Å²) in [4.78, 5) is 14.4. The van der Waals surface area contributed by atoms with Crippen LogP contribution in [0.25, 0.3) is 0 Å². The standard InChI is InChI=1S/C19H20ClNO/c1-14(22)18-12-21(11-15-5-3-2-4-6-15)13-19(18)16-7-9-17(20)10-8-16/h2-10,18-19H,11-13H2,1H3. The van der Waals surface area contributed by atoms with Crippen molar-refractivity contribution >= 4 is 17.4 Å². The van der Waals surface area contributed by atoms with Gasteiger partial charge >= 0.3 is 0 Å². The summed E-state index contributed by atoms with van der Waals surface area (Å²) in [6.07, 6.45) is 0. The van der Waals surface area contributed by atoms with E-state index in [2.05, 4.69) is 41.3 Å². The van der Waals surface area contributed by atoms with Gasteiger partial charge in [-0.15, -0.1) is 0 Å². The number of halogens is 1. The number of nitrogens with zero attached hydrogens (tertiary/aromatic N) is 1. The molecule has 3 heteroatoms. The summed E-state index contributed by atoms with van der Waals surface area (Å²) >= 11 is 5.98. The number of rotatable bonds is 4. The van der Waals surface area contributed by atoms with Crippen molar-refractivity contribution < 1.29 is 4.79 Å². The number of carbonyl (C=O) groups excluding carboxylic acids is 1. The van der Waals surface area contributed by atoms with Crippen molar-refractivity contribution in [3.05, 3.63) is 70.7 Å². The second kappa shape index (κ2) is 6.64. The van der Waals surface area contributed by atoms with E-state index in [9.17, 15) is 4.79 Å². The number of Topliss-reactive ketones (excluding diaryl/α,β-unsaturated/α-hetero) is 1. The lowest BCUT2D eigenvalue weighted by atomic mass is 9.87. The lowest BCUT2D eigenvalue weighted by Gasteiger charge is -2.16. The van der Waals surface area contributed by atoms with E-state index in [0.29, 0.717) is 0 Å². The number of carbonyl (C=O) groups is 1. The first-order valence-electron chi connectivity index (χ1n) is 7.65. The Bertz CT molecular complexity index is 638. The van der Waals surface area contributed by atoms with Gasteiger partial charge in [-0.3, -0.25) is 9.69 Å². The van der Waals surface area contributed by atoms with Gasteiger partial charge in [0.1, 0.15) is 5.78 Å². The molecule has 2 atom stereocenters. The molecule has 0 aliphatic carbocycles. The fraction of sp³-hybridized carbons (Fsp3) is 0.316. The van der Waals surface area contributed by atoms with E-state index in [-0.39, 0.29) is 17.6 Å². The minimum Gasteiger partial charge on any atom is -0.300 e. The molecule has 1 aliphatic heterocycles. The number of ketones is 1. The highest BCUT2D eigenvalue weighted by molar-refractivity contribution is 6.30. The molecular weight excluding hydrogens is 294 g/mol. The highest BCUT2D eigenvalue weighted by Gasteiger charge is 2.36. The van der Waals surface area contributed by atoms with Gasteiger partial charge in [0.2, 0.25) is 0 Å². The van der Waals surface area contributed by atoms with E-state index in [1.807, 2.05) is 18.2 Å². The predicted molar refractivity (Wildman–Crippen MR) is 90.1 cm³/mol. The second-order valence-corrected chi connectivity index (χ2v) is 6.49. The van der Waals surface area contributed by atoms with Crippen LogP contribution in [0, 0.1) is 5.92 Å². The van der Waals surface area contributed by atoms with Gasteiger partial charge in [0.25, 0.3) is 0 Å². The molecule has 22 heavy (non-hydrogen) atoms. The summed E-state index contributed by atoms with van der Waals surface area (Å²) in [5.74, 6) is 0.610. The van der Waals surface area contributed by atoms with Crippen molar-refractivity contribution in [2.24, 2.45) is 5.92 Å². The molecule has 2 nitrogen and oxygen atoms in total. The first-order chi connectivity index (χ1) is 10.6. The highest BCUT2D eigenvalue weighted by atomic mass is 35.5. The molecule has 0 aromatic heterocycles. The van der Waals surface area contributed by atoms with Gasteiger partial charge in [0.05, 0.1) is 0 Å². The number of hydrogen-bond acceptors (Lipinski definition) is 2. The van der Waals surface area contributed by atoms with E-state index in [0.717, 1.165) is 24.7 Å². The average Bonchev–Trinajstić information content (AvgIpc) is 2.93. The Kier molecular flexibility index (Phi) is 4.60. The fourth-order valence-electron chi connectivity index (χ4n) is 3.32. The Labute approximate surface area is 136 Å². The van der Waals surface area contributed by atoms with Crippen molar-refractivity contribution in [2.45, 2.75) is 19.4 Å². The Morgan fingerprint density at radius 2 is 1.77 bits per heavy atom. The normalized spacial score (nSPS) is 21.9. The molecule has 1 heterocycles. The summed E-state index contributed by atoms with van der Waals surface area (Å²) in [5, 5.41) is 0.738. The van der Waals surface area contributed by atoms with Gasteiger partial charge in [-0.25, -0.2) is 0 Å². The molecule has 3 rings (SSSR count). The Balaban J connectivity index is 1.77. The topological polar surface area (TPSA) is 20.3 Å². The molecule has 0 radical (unpaired) electrons. The maximum Gasteiger partial charge on any atom is 0.134 e. The average molecular weight is 314 g/mol. The molecule has 0 bridgehead atoms. The smallest absolute Gasteiger partial charge is 0.134 e. The summed E-state index contributed by atoms with van der Waals surface area (Å²) in [6.45, 7) is 4.35. The quantitative estimate of drug-likeness (QED) is 0.845. The Hall–Kier alpha value is -1.64. The van der Waals surface area contributed by atoms with E-state index in [4.69, 9.17) is 11.6 Å². The first kappa shape index (κ1) is 15.3. The van der Waals surface area contributed by atoms with E-state index < -0.39 is 0 Å². The van der Waals surface area contributed by atoms with Crippen LogP contribution in [0.4, 0.5) is 0 Å². The number of hydrogen-bond donors (Lipinski definition) is 0. The van der Waals surface area contributed by atoms with Crippen molar-refractivity contribution in [3.8, 4) is 0 Å². The van der Waals surface area contributed by atoms with Crippen LogP contribution in [0.5, 0.6) is 0 Å². The zero-order chi connectivity index (χ0) is 15.5.